The Morgan fingerprint density at radius 1 is 1.68 bits per heavy atom. The fraction of sp³-hybridized carbons (Fsp3) is 0.400. The Bertz CT molecular complexity index is 590. The number of carbonyl (C=O) groups is 1. The molecule has 1 rings (SSSR count). The van der Waals surface area contributed by atoms with Crippen molar-refractivity contribution >= 4 is 47.4 Å². The van der Waals surface area contributed by atoms with E-state index in [9.17, 15) is 4.79 Å². The number of hydrogen-bond donors (Lipinski definition) is 0. The van der Waals surface area contributed by atoms with Crippen LogP contribution in [0, 0.1) is 0 Å². The van der Waals surface area contributed by atoms with Crippen LogP contribution in [0.5, 0.6) is 0 Å². The highest BCUT2D eigenvalue weighted by atomic mass is 35.5. The summed E-state index contributed by atoms with van der Waals surface area (Å²) in [5.74, 6) is 0.0221. The number of aromatic nitrogens is 2. The summed E-state index contributed by atoms with van der Waals surface area (Å²) in [4.78, 5) is 17.6. The quantitative estimate of drug-likeness (QED) is 0.561. The number of anilines is 1. The number of thioether (sulfide) groups is 1. The lowest BCUT2D eigenvalue weighted by molar-refractivity contribution is -0.117. The topological polar surface area (TPSA) is 50.5 Å². The Labute approximate surface area is 140 Å². The number of hydrogen-bond acceptors (Lipinski definition) is 4. The van der Waals surface area contributed by atoms with Gasteiger partial charge in [-0.15, -0.1) is 0 Å². The number of allylic oxidation sites excluding steroid dienone is 3. The van der Waals surface area contributed by atoms with Crippen molar-refractivity contribution < 1.29 is 4.79 Å². The molecule has 1 aromatic heterocycles. The van der Waals surface area contributed by atoms with E-state index in [1.54, 1.807) is 35.1 Å². The number of nitrogens with zero attached hydrogens (tertiary/aromatic N) is 4. The molecule has 0 bridgehead atoms. The second kappa shape index (κ2) is 8.80. The van der Waals surface area contributed by atoms with Gasteiger partial charge >= 0.3 is 0 Å². The van der Waals surface area contributed by atoms with Crippen LogP contribution in [-0.2, 0) is 4.79 Å². The van der Waals surface area contributed by atoms with Crippen LogP contribution in [0.4, 0.5) is 5.69 Å². The fourth-order valence-electron chi connectivity index (χ4n) is 1.85. The molecule has 22 heavy (non-hydrogen) atoms. The van der Waals surface area contributed by atoms with Crippen molar-refractivity contribution in [3.05, 3.63) is 29.7 Å². The summed E-state index contributed by atoms with van der Waals surface area (Å²) in [5.41, 5.74) is 1.45. The molecule has 0 saturated carbocycles. The van der Waals surface area contributed by atoms with Gasteiger partial charge in [0.25, 0.3) is 0 Å². The molecule has 1 atom stereocenters. The van der Waals surface area contributed by atoms with E-state index >= 15 is 0 Å². The van der Waals surface area contributed by atoms with Gasteiger partial charge in [0.15, 0.2) is 5.15 Å². The number of rotatable bonds is 7. The first-order valence-electron chi connectivity index (χ1n) is 6.81. The standard InChI is InChI=1S/C15H21ClN4OS/c1-6-13(22-5)15(21)19(4)12-10-20(18-14(12)16)11(2)8-7-9-17-3/h7-10,13H,3,6H2,1-2,4-5H3/b9-7-,11-8+. The molecule has 0 N–H and O–H groups in total. The van der Waals surface area contributed by atoms with E-state index in [2.05, 4.69) is 16.8 Å². The molecule has 120 valence electrons. The number of carbonyl (C=O) groups excluding carboxylic acids is 1. The first-order valence-corrected chi connectivity index (χ1v) is 8.48. The number of halogens is 1. The summed E-state index contributed by atoms with van der Waals surface area (Å²) < 4.78 is 1.63. The molecular weight excluding hydrogens is 320 g/mol. The summed E-state index contributed by atoms with van der Waals surface area (Å²) in [6.07, 6.45) is 9.61. The van der Waals surface area contributed by atoms with E-state index in [1.807, 2.05) is 26.2 Å². The maximum Gasteiger partial charge on any atom is 0.239 e. The van der Waals surface area contributed by atoms with E-state index < -0.39 is 0 Å². The molecule has 0 aliphatic rings. The molecule has 7 heteroatoms. The SMILES string of the molecule is C=N/C=C\C=C(/C)n1cc(N(C)C(=O)C(CC)SC)c(Cl)n1. The Kier molecular flexibility index (Phi) is 7.41. The summed E-state index contributed by atoms with van der Waals surface area (Å²) in [6.45, 7) is 7.25. The minimum atomic E-state index is -0.0809. The molecule has 0 radical (unpaired) electrons. The molecule has 0 aliphatic heterocycles. The van der Waals surface area contributed by atoms with Gasteiger partial charge in [-0.3, -0.25) is 9.79 Å². The van der Waals surface area contributed by atoms with Crippen LogP contribution in [0.2, 0.25) is 5.15 Å². The monoisotopic (exact) mass is 340 g/mol. The van der Waals surface area contributed by atoms with Crippen molar-refractivity contribution in [3.8, 4) is 0 Å². The third kappa shape index (κ3) is 4.48. The van der Waals surface area contributed by atoms with E-state index in [-0.39, 0.29) is 11.2 Å². The van der Waals surface area contributed by atoms with Crippen molar-refractivity contribution in [1.82, 2.24) is 9.78 Å². The molecule has 5 nitrogen and oxygen atoms in total. The van der Waals surface area contributed by atoms with E-state index in [0.29, 0.717) is 10.8 Å². The van der Waals surface area contributed by atoms with Crippen molar-refractivity contribution in [2.45, 2.75) is 25.5 Å². The Hall–Kier alpha value is -1.53. The highest BCUT2D eigenvalue weighted by molar-refractivity contribution is 7.99. The minimum absolute atomic E-state index is 0.0221. The van der Waals surface area contributed by atoms with Crippen LogP contribution in [0.1, 0.15) is 20.3 Å². The molecular formula is C15H21ClN4OS. The zero-order chi connectivity index (χ0) is 16.7. The van der Waals surface area contributed by atoms with Gasteiger partial charge in [-0.1, -0.05) is 18.5 Å². The third-order valence-electron chi connectivity index (χ3n) is 3.16. The summed E-state index contributed by atoms with van der Waals surface area (Å²) in [7, 11) is 1.72. The maximum absolute atomic E-state index is 12.4. The number of amides is 1. The van der Waals surface area contributed by atoms with Gasteiger partial charge in [-0.2, -0.15) is 16.9 Å². The lowest BCUT2D eigenvalue weighted by Crippen LogP contribution is -2.34. The van der Waals surface area contributed by atoms with E-state index in [4.69, 9.17) is 11.6 Å². The van der Waals surface area contributed by atoms with Crippen molar-refractivity contribution in [1.29, 1.82) is 0 Å². The molecule has 1 amide bonds. The van der Waals surface area contributed by atoms with Crippen LogP contribution in [0.3, 0.4) is 0 Å². The highest BCUT2D eigenvalue weighted by Crippen LogP contribution is 2.27. The van der Waals surface area contributed by atoms with Gasteiger partial charge in [0, 0.05) is 18.9 Å². The average molecular weight is 341 g/mol. The highest BCUT2D eigenvalue weighted by Gasteiger charge is 2.23. The van der Waals surface area contributed by atoms with E-state index in [0.717, 1.165) is 12.1 Å². The summed E-state index contributed by atoms with van der Waals surface area (Å²) in [6, 6.07) is 0. The van der Waals surface area contributed by atoms with Crippen LogP contribution in [0.25, 0.3) is 5.70 Å². The second-order valence-electron chi connectivity index (χ2n) is 4.61. The Morgan fingerprint density at radius 2 is 2.36 bits per heavy atom. The van der Waals surface area contributed by atoms with E-state index in [1.165, 1.54) is 11.8 Å². The predicted octanol–water partition coefficient (Wildman–Crippen LogP) is 3.72. The molecule has 0 aromatic carbocycles. The third-order valence-corrected chi connectivity index (χ3v) is 4.54. The van der Waals surface area contributed by atoms with Crippen LogP contribution in [0.15, 0.2) is 29.5 Å². The van der Waals surface area contributed by atoms with Gasteiger partial charge in [-0.05, 0) is 38.5 Å². The van der Waals surface area contributed by atoms with Crippen LogP contribution in [-0.4, -0.2) is 41.0 Å². The first-order chi connectivity index (χ1) is 10.5. The first kappa shape index (κ1) is 18.5. The largest absolute Gasteiger partial charge is 0.310 e. The van der Waals surface area contributed by atoms with Gasteiger partial charge in [0.05, 0.1) is 11.4 Å². The van der Waals surface area contributed by atoms with Gasteiger partial charge in [0.2, 0.25) is 5.91 Å². The van der Waals surface area contributed by atoms with Gasteiger partial charge < -0.3 is 4.90 Å². The van der Waals surface area contributed by atoms with Crippen molar-refractivity contribution in [2.24, 2.45) is 4.99 Å². The molecule has 0 fully saturated rings. The van der Waals surface area contributed by atoms with Crippen molar-refractivity contribution in [2.75, 3.05) is 18.2 Å². The Morgan fingerprint density at radius 3 is 2.91 bits per heavy atom. The average Bonchev–Trinajstić information content (AvgIpc) is 2.89. The zero-order valence-corrected chi connectivity index (χ0v) is 14.9. The molecule has 0 saturated heterocycles. The molecule has 1 unspecified atom stereocenters. The Balaban J connectivity index is 3.03. The lowest BCUT2D eigenvalue weighted by Gasteiger charge is -2.20. The zero-order valence-electron chi connectivity index (χ0n) is 13.3. The smallest absolute Gasteiger partial charge is 0.239 e. The normalized spacial score (nSPS) is 13.4. The lowest BCUT2D eigenvalue weighted by atomic mass is 10.3. The van der Waals surface area contributed by atoms with Crippen molar-refractivity contribution in [3.63, 3.8) is 0 Å². The summed E-state index contributed by atoms with van der Waals surface area (Å²) in [5, 5.41) is 4.45. The fourth-order valence-corrected chi connectivity index (χ4v) is 2.80. The van der Waals surface area contributed by atoms with Gasteiger partial charge in [-0.25, -0.2) is 4.68 Å². The molecule has 0 aliphatic carbocycles. The number of aliphatic imine (C=N–C) groups is 1. The minimum Gasteiger partial charge on any atom is -0.310 e. The second-order valence-corrected chi connectivity index (χ2v) is 6.01. The molecule has 1 aromatic rings. The molecule has 1 heterocycles. The van der Waals surface area contributed by atoms with Gasteiger partial charge in [0.1, 0.15) is 5.69 Å². The molecule has 0 spiro atoms. The van der Waals surface area contributed by atoms with Crippen LogP contribution >= 0.6 is 23.4 Å². The predicted molar refractivity (Wildman–Crippen MR) is 96.9 cm³/mol. The summed E-state index contributed by atoms with van der Waals surface area (Å²) >= 11 is 7.71. The van der Waals surface area contributed by atoms with Crippen LogP contribution < -0.4 is 4.90 Å². The maximum atomic E-state index is 12.4.